The summed E-state index contributed by atoms with van der Waals surface area (Å²) in [6, 6.07) is -0.526. The first kappa shape index (κ1) is 54.2. The van der Waals surface area contributed by atoms with Crippen LogP contribution in [0.2, 0.25) is 0 Å². The fourth-order valence-corrected chi connectivity index (χ4v) is 5.74. The number of ether oxygens (including phenoxy) is 2. The first-order valence-electron chi connectivity index (χ1n) is 20.3. The Morgan fingerprint density at radius 2 is 1.05 bits per heavy atom. The van der Waals surface area contributed by atoms with Gasteiger partial charge in [-0.05, 0) is 108 Å². The van der Waals surface area contributed by atoms with Crippen molar-refractivity contribution < 1.29 is 48.4 Å². The fourth-order valence-electron chi connectivity index (χ4n) is 5.37. The van der Waals surface area contributed by atoms with Gasteiger partial charge in [0.15, 0.2) is 18.6 Å². The van der Waals surface area contributed by atoms with Crippen molar-refractivity contribution in [2.75, 3.05) is 13.2 Å². The van der Waals surface area contributed by atoms with Crippen molar-refractivity contribution in [3.63, 3.8) is 0 Å². The molecule has 1 heterocycles. The number of rotatable bonds is 24. The van der Waals surface area contributed by atoms with Crippen molar-refractivity contribution in [3.8, 4) is 142 Å². The molecule has 5 unspecified atom stereocenters. The maximum absolute atomic E-state index is 12.7. The van der Waals surface area contributed by atoms with Gasteiger partial charge in [0.1, 0.15) is 24.4 Å². The minimum atomic E-state index is -1.54. The van der Waals surface area contributed by atoms with E-state index in [-0.39, 0.29) is 18.9 Å². The molecule has 1 fully saturated rings. The molecular formula is C50H51NO10S. The van der Waals surface area contributed by atoms with Crippen LogP contribution < -0.4 is 5.32 Å². The van der Waals surface area contributed by atoms with Crippen LogP contribution in [0.25, 0.3) is 0 Å². The van der Waals surface area contributed by atoms with Crippen LogP contribution in [0.4, 0.5) is 0 Å². The summed E-state index contributed by atoms with van der Waals surface area (Å²) in [6.07, 6.45) is 10.6. The predicted octanol–water partition coefficient (Wildman–Crippen LogP) is 4.23. The van der Waals surface area contributed by atoms with Crippen LogP contribution in [0.15, 0.2) is 0 Å². The standard InChI is InChI=1S/C50H51NO10S/c1-3-5-7-9-11-13-15-17-19-20-21-22-23-24-25-26-27-29-31-33-35-37-39-41-46(53)51-44(40-38-36-34-32-30-28-18-16-14-12-10-8-6-4-2)43-57-50-48(55)49(59-62-61-60-56)47(54)45(42-52)58-50/h44-45,47-50,52,54-56H,4,6,8,10,12,14,16,18,28,30,32,34,36,38,40,42-43H2,1-2H3,(H,51,53)/t44-,45?,47?,48?,49?,50?/m1/s1. The molecule has 0 radical (unpaired) electrons. The summed E-state index contributed by atoms with van der Waals surface area (Å²) in [7, 11) is 0. The van der Waals surface area contributed by atoms with Gasteiger partial charge in [-0.2, -0.15) is 0 Å². The van der Waals surface area contributed by atoms with Gasteiger partial charge in [-0.25, -0.2) is 5.26 Å². The summed E-state index contributed by atoms with van der Waals surface area (Å²) in [6.45, 7) is 3.21. The van der Waals surface area contributed by atoms with E-state index in [1.165, 1.54) is 64.2 Å². The molecule has 12 heteroatoms. The highest BCUT2D eigenvalue weighted by atomic mass is 32.2. The van der Waals surface area contributed by atoms with Crippen molar-refractivity contribution in [2.24, 2.45) is 0 Å². The summed E-state index contributed by atoms with van der Waals surface area (Å²) in [5.74, 6) is 59.5. The number of carbonyl (C=O) groups excluding carboxylic acids is 1. The second-order valence-corrected chi connectivity index (χ2v) is 13.5. The zero-order valence-electron chi connectivity index (χ0n) is 35.1. The lowest BCUT2D eigenvalue weighted by Crippen LogP contribution is -2.60. The Morgan fingerprint density at radius 1 is 0.629 bits per heavy atom. The van der Waals surface area contributed by atoms with E-state index in [4.69, 9.17) is 18.9 Å². The predicted molar refractivity (Wildman–Crippen MR) is 237 cm³/mol. The maximum Gasteiger partial charge on any atom is 0.297 e. The molecule has 6 atom stereocenters. The van der Waals surface area contributed by atoms with Crippen LogP contribution in [0.3, 0.4) is 0 Å². The summed E-state index contributed by atoms with van der Waals surface area (Å²) in [5.41, 5.74) is 0. The summed E-state index contributed by atoms with van der Waals surface area (Å²) >= 11 is 0.157. The molecule has 0 aromatic heterocycles. The minimum Gasteiger partial charge on any atom is -0.394 e. The van der Waals surface area contributed by atoms with Crippen molar-refractivity contribution in [1.29, 1.82) is 0 Å². The highest BCUT2D eigenvalue weighted by molar-refractivity contribution is 7.89. The summed E-state index contributed by atoms with van der Waals surface area (Å²) in [4.78, 5) is 12.7. The number of nitrogens with one attached hydrogen (secondary N) is 1. The van der Waals surface area contributed by atoms with Crippen LogP contribution in [0.1, 0.15) is 110 Å². The maximum atomic E-state index is 12.7. The molecule has 0 aromatic rings. The van der Waals surface area contributed by atoms with Gasteiger partial charge in [-0.15, -0.1) is 4.33 Å². The second kappa shape index (κ2) is 40.6. The molecule has 0 bridgehead atoms. The van der Waals surface area contributed by atoms with Gasteiger partial charge < -0.3 is 30.1 Å². The van der Waals surface area contributed by atoms with Crippen molar-refractivity contribution in [2.45, 2.75) is 147 Å². The van der Waals surface area contributed by atoms with E-state index in [9.17, 15) is 20.1 Å². The molecule has 0 saturated carbocycles. The third kappa shape index (κ3) is 30.2. The second-order valence-electron chi connectivity index (χ2n) is 13.0. The normalized spacial score (nSPS) is 16.5. The molecule has 1 aliphatic heterocycles. The van der Waals surface area contributed by atoms with Crippen LogP contribution >= 0.6 is 12.3 Å². The molecule has 1 rings (SSSR count). The summed E-state index contributed by atoms with van der Waals surface area (Å²) < 4.78 is 20.7. The van der Waals surface area contributed by atoms with Crippen molar-refractivity contribution in [1.82, 2.24) is 5.32 Å². The molecule has 62 heavy (non-hydrogen) atoms. The first-order chi connectivity index (χ1) is 30.5. The highest BCUT2D eigenvalue weighted by Crippen LogP contribution is 2.28. The Kier molecular flexibility index (Phi) is 35.5. The van der Waals surface area contributed by atoms with Gasteiger partial charge in [0.25, 0.3) is 5.91 Å². The zero-order chi connectivity index (χ0) is 45.0. The SMILES string of the molecule is CC#CC#CC#CC#CC#CC#CC#CC#CC#CC#CC#CC#CC(=O)N[C@H](CCCCCCCCCCCCCCCC)COC1OC(CO)C(O)C(OSOOO)C1O. The quantitative estimate of drug-likeness (QED) is 0.0312. The number of carbonyl (C=O) groups is 1. The van der Waals surface area contributed by atoms with E-state index < -0.39 is 49.3 Å². The van der Waals surface area contributed by atoms with Gasteiger partial charge in [0.2, 0.25) is 0 Å². The molecular weight excluding hydrogens is 807 g/mol. The molecule has 11 nitrogen and oxygen atoms in total. The van der Waals surface area contributed by atoms with Crippen LogP contribution in [0, 0.1) is 142 Å². The Balaban J connectivity index is 2.72. The molecule has 322 valence electrons. The smallest absolute Gasteiger partial charge is 0.297 e. The molecule has 1 amide bonds. The number of unbranched alkanes of at least 4 members (excludes halogenated alkanes) is 13. The highest BCUT2D eigenvalue weighted by Gasteiger charge is 2.46. The number of amides is 1. The topological polar surface area (TPSA) is 156 Å². The Bertz CT molecular complexity index is 2150. The van der Waals surface area contributed by atoms with E-state index >= 15 is 0 Å². The third-order valence-electron chi connectivity index (χ3n) is 8.35. The van der Waals surface area contributed by atoms with E-state index in [1.54, 1.807) is 6.92 Å². The monoisotopic (exact) mass is 857 g/mol. The van der Waals surface area contributed by atoms with Gasteiger partial charge in [-0.1, -0.05) is 108 Å². The van der Waals surface area contributed by atoms with E-state index in [1.807, 2.05) is 0 Å². The summed E-state index contributed by atoms with van der Waals surface area (Å²) in [5, 5.41) is 45.6. The first-order valence-corrected chi connectivity index (χ1v) is 20.9. The van der Waals surface area contributed by atoms with Crippen LogP contribution in [0.5, 0.6) is 0 Å². The van der Waals surface area contributed by atoms with E-state index in [0.717, 1.165) is 25.7 Å². The molecule has 0 aromatic carbocycles. The Morgan fingerprint density at radius 3 is 1.47 bits per heavy atom. The number of aliphatic hydroxyl groups excluding tert-OH is 3. The van der Waals surface area contributed by atoms with Gasteiger partial charge in [0.05, 0.1) is 19.3 Å². The molecule has 1 aliphatic rings. The van der Waals surface area contributed by atoms with E-state index in [2.05, 4.69) is 164 Å². The average Bonchev–Trinajstić information content (AvgIpc) is 3.27. The van der Waals surface area contributed by atoms with Crippen molar-refractivity contribution in [3.05, 3.63) is 0 Å². The lowest BCUT2D eigenvalue weighted by atomic mass is 9.99. The number of hydrogen-bond acceptors (Lipinski definition) is 11. The van der Waals surface area contributed by atoms with Crippen LogP contribution in [-0.2, 0) is 27.8 Å². The molecule has 1 saturated heterocycles. The largest absolute Gasteiger partial charge is 0.394 e. The van der Waals surface area contributed by atoms with Crippen molar-refractivity contribution >= 4 is 18.2 Å². The molecule has 0 spiro atoms. The minimum absolute atomic E-state index is 0.0933. The van der Waals surface area contributed by atoms with E-state index in [0.29, 0.717) is 6.42 Å². The number of aliphatic hydroxyl groups is 3. The van der Waals surface area contributed by atoms with Crippen LogP contribution in [-0.4, -0.2) is 76.4 Å². The Hall–Kier alpha value is -5.82. The lowest BCUT2D eigenvalue weighted by molar-refractivity contribution is -0.435. The van der Waals surface area contributed by atoms with Gasteiger partial charge in [0, 0.05) is 41.4 Å². The molecule has 5 N–H and O–H groups in total. The average molecular weight is 858 g/mol. The zero-order valence-corrected chi connectivity index (χ0v) is 35.9. The van der Waals surface area contributed by atoms with Gasteiger partial charge >= 0.3 is 0 Å². The molecule has 0 aliphatic carbocycles. The number of hydrogen-bond donors (Lipinski definition) is 5. The Labute approximate surface area is 372 Å². The lowest BCUT2D eigenvalue weighted by Gasteiger charge is -2.41. The van der Waals surface area contributed by atoms with Gasteiger partial charge in [-0.3, -0.25) is 8.98 Å². The fraction of sp³-hybridized carbons (Fsp3) is 0.500. The third-order valence-corrected chi connectivity index (χ3v) is 8.76.